The van der Waals surface area contributed by atoms with E-state index in [0.29, 0.717) is 4.91 Å². The molecular weight excluding hydrogens is 384 g/mol. The number of carbonyl (C=O) groups is 2. The maximum Gasteiger partial charge on any atom is 0.290 e. The van der Waals surface area contributed by atoms with Gasteiger partial charge in [0.1, 0.15) is 0 Å². The highest BCUT2D eigenvalue weighted by Crippen LogP contribution is 2.28. The Bertz CT molecular complexity index is 1100. The van der Waals surface area contributed by atoms with Crippen LogP contribution >= 0.6 is 11.8 Å². The van der Waals surface area contributed by atoms with E-state index in [1.165, 1.54) is 0 Å². The Morgan fingerprint density at radius 3 is 2.62 bits per heavy atom. The molecule has 6 nitrogen and oxygen atoms in total. The smallest absolute Gasteiger partial charge is 0.290 e. The van der Waals surface area contributed by atoms with E-state index < -0.39 is 0 Å². The number of rotatable bonds is 5. The molecule has 0 unspecified atom stereocenters. The molecule has 0 radical (unpaired) electrons. The highest BCUT2D eigenvalue weighted by atomic mass is 32.2. The van der Waals surface area contributed by atoms with Crippen molar-refractivity contribution >= 4 is 40.5 Å². The third-order valence-electron chi connectivity index (χ3n) is 4.40. The Balaban J connectivity index is 1.66. The summed E-state index contributed by atoms with van der Waals surface area (Å²) >= 11 is 0.904. The molecule has 0 saturated carbocycles. The molecule has 144 valence electrons. The monoisotopic (exact) mass is 402 g/mol. The lowest BCUT2D eigenvalue weighted by Gasteiger charge is -2.22. The number of para-hydroxylation sites is 1. The number of aromatic nitrogens is 2. The van der Waals surface area contributed by atoms with E-state index in [2.05, 4.69) is 22.1 Å². The maximum atomic E-state index is 11.8. The van der Waals surface area contributed by atoms with Gasteiger partial charge in [-0.3, -0.25) is 19.9 Å². The maximum absolute atomic E-state index is 11.8. The van der Waals surface area contributed by atoms with Crippen molar-refractivity contribution in [2.75, 3.05) is 11.4 Å². The second kappa shape index (κ2) is 8.28. The van der Waals surface area contributed by atoms with Crippen molar-refractivity contribution < 1.29 is 9.59 Å². The fraction of sp³-hybridized carbons (Fsp3) is 0.0909. The number of carbonyl (C=O) groups excluding carboxylic acids is 2. The van der Waals surface area contributed by atoms with Crippen LogP contribution in [0.5, 0.6) is 0 Å². The zero-order chi connectivity index (χ0) is 20.2. The second-order valence-corrected chi connectivity index (χ2v) is 7.33. The summed E-state index contributed by atoms with van der Waals surface area (Å²) in [5.41, 5.74) is 3.48. The zero-order valence-electron chi connectivity index (χ0n) is 15.7. The van der Waals surface area contributed by atoms with Gasteiger partial charge in [0, 0.05) is 17.8 Å². The van der Waals surface area contributed by atoms with Gasteiger partial charge in [0.2, 0.25) is 0 Å². The van der Waals surface area contributed by atoms with Crippen LogP contribution in [0.2, 0.25) is 0 Å². The van der Waals surface area contributed by atoms with Crippen molar-refractivity contribution in [1.29, 1.82) is 0 Å². The SMILES string of the molecule is CCN(c1ccccc1)c1cncc(-c2cccc(/C=C3/SC(=O)NC3=O)c2)n1. The normalized spacial score (nSPS) is 14.9. The molecule has 1 aliphatic heterocycles. The quantitative estimate of drug-likeness (QED) is 0.628. The van der Waals surface area contributed by atoms with Gasteiger partial charge in [-0.1, -0.05) is 36.4 Å². The summed E-state index contributed by atoms with van der Waals surface area (Å²) in [6, 6.07) is 17.7. The fourth-order valence-electron chi connectivity index (χ4n) is 3.07. The van der Waals surface area contributed by atoms with Crippen LogP contribution in [0.25, 0.3) is 17.3 Å². The molecule has 4 rings (SSSR count). The second-order valence-electron chi connectivity index (χ2n) is 6.32. The molecule has 1 fully saturated rings. The third kappa shape index (κ3) is 4.20. The van der Waals surface area contributed by atoms with Gasteiger partial charge < -0.3 is 4.90 Å². The van der Waals surface area contributed by atoms with E-state index in [-0.39, 0.29) is 11.1 Å². The first-order valence-corrected chi connectivity index (χ1v) is 9.95. The lowest BCUT2D eigenvalue weighted by molar-refractivity contribution is -0.115. The minimum atomic E-state index is -0.367. The molecule has 2 aromatic carbocycles. The molecule has 2 heterocycles. The van der Waals surface area contributed by atoms with Gasteiger partial charge in [-0.25, -0.2) is 4.98 Å². The molecule has 0 atom stereocenters. The topological polar surface area (TPSA) is 75.2 Å². The van der Waals surface area contributed by atoms with E-state index in [0.717, 1.165) is 46.6 Å². The van der Waals surface area contributed by atoms with E-state index in [1.807, 2.05) is 54.6 Å². The first-order chi connectivity index (χ1) is 14.1. The predicted octanol–water partition coefficient (Wildman–Crippen LogP) is 4.63. The lowest BCUT2D eigenvalue weighted by atomic mass is 10.1. The van der Waals surface area contributed by atoms with Crippen molar-refractivity contribution in [3.8, 4) is 11.3 Å². The number of thioether (sulfide) groups is 1. The molecule has 2 amide bonds. The molecule has 0 bridgehead atoms. The van der Waals surface area contributed by atoms with Gasteiger partial charge >= 0.3 is 0 Å². The Labute approximate surface area is 172 Å². The summed E-state index contributed by atoms with van der Waals surface area (Å²) in [5.74, 6) is 0.393. The predicted molar refractivity (Wildman–Crippen MR) is 116 cm³/mol. The molecule has 3 aromatic rings. The molecule has 1 aromatic heterocycles. The van der Waals surface area contributed by atoms with E-state index in [4.69, 9.17) is 4.98 Å². The van der Waals surface area contributed by atoms with E-state index in [1.54, 1.807) is 18.5 Å². The Hall–Kier alpha value is -3.45. The Morgan fingerprint density at radius 2 is 1.90 bits per heavy atom. The summed E-state index contributed by atoms with van der Waals surface area (Å²) < 4.78 is 0. The number of benzene rings is 2. The lowest BCUT2D eigenvalue weighted by Crippen LogP contribution is -2.17. The minimum Gasteiger partial charge on any atom is -0.325 e. The average Bonchev–Trinajstić information content (AvgIpc) is 3.06. The number of imide groups is 1. The van der Waals surface area contributed by atoms with Gasteiger partial charge in [0.15, 0.2) is 5.82 Å². The van der Waals surface area contributed by atoms with E-state index >= 15 is 0 Å². The Kier molecular flexibility index (Phi) is 5.39. The first-order valence-electron chi connectivity index (χ1n) is 9.14. The summed E-state index contributed by atoms with van der Waals surface area (Å²) in [6.07, 6.45) is 5.17. The molecule has 1 N–H and O–H groups in total. The van der Waals surface area contributed by atoms with Gasteiger partial charge in [-0.2, -0.15) is 0 Å². The van der Waals surface area contributed by atoms with Crippen LogP contribution in [-0.4, -0.2) is 27.7 Å². The molecule has 7 heteroatoms. The van der Waals surface area contributed by atoms with Crippen LogP contribution in [0.1, 0.15) is 12.5 Å². The minimum absolute atomic E-state index is 0.350. The van der Waals surface area contributed by atoms with Crippen LogP contribution in [0.3, 0.4) is 0 Å². The number of amides is 2. The van der Waals surface area contributed by atoms with Crippen LogP contribution in [0.15, 0.2) is 71.9 Å². The average molecular weight is 402 g/mol. The zero-order valence-corrected chi connectivity index (χ0v) is 16.5. The van der Waals surface area contributed by atoms with Gasteiger partial charge in [-0.15, -0.1) is 0 Å². The van der Waals surface area contributed by atoms with Gasteiger partial charge in [0.05, 0.1) is 23.0 Å². The molecular formula is C22H18N4O2S. The van der Waals surface area contributed by atoms with Crippen molar-refractivity contribution in [2.45, 2.75) is 6.92 Å². The Morgan fingerprint density at radius 1 is 1.07 bits per heavy atom. The molecule has 1 aliphatic rings. The fourth-order valence-corrected chi connectivity index (χ4v) is 3.75. The van der Waals surface area contributed by atoms with Crippen LogP contribution in [-0.2, 0) is 4.79 Å². The third-order valence-corrected chi connectivity index (χ3v) is 5.22. The first kappa shape index (κ1) is 18.9. The van der Waals surface area contributed by atoms with Crippen LogP contribution < -0.4 is 10.2 Å². The standard InChI is InChI=1S/C22H18N4O2S/c1-2-26(17-9-4-3-5-10-17)20-14-23-13-18(24-20)16-8-6-7-15(11-16)12-19-21(27)25-22(28)29-19/h3-14H,2H2,1H3,(H,25,27,28)/b19-12+. The highest BCUT2D eigenvalue weighted by molar-refractivity contribution is 8.18. The number of anilines is 2. The molecule has 0 spiro atoms. The highest BCUT2D eigenvalue weighted by Gasteiger charge is 2.24. The van der Waals surface area contributed by atoms with Crippen molar-refractivity contribution in [3.63, 3.8) is 0 Å². The van der Waals surface area contributed by atoms with Crippen molar-refractivity contribution in [1.82, 2.24) is 15.3 Å². The number of hydrogen-bond acceptors (Lipinski definition) is 6. The number of hydrogen-bond donors (Lipinski definition) is 1. The van der Waals surface area contributed by atoms with E-state index in [9.17, 15) is 9.59 Å². The van der Waals surface area contributed by atoms with Gasteiger partial charge in [-0.05, 0) is 48.5 Å². The van der Waals surface area contributed by atoms with Gasteiger partial charge in [0.25, 0.3) is 11.1 Å². The molecule has 0 aliphatic carbocycles. The largest absolute Gasteiger partial charge is 0.325 e. The summed E-state index contributed by atoms with van der Waals surface area (Å²) in [6.45, 7) is 2.83. The summed E-state index contributed by atoms with van der Waals surface area (Å²) in [7, 11) is 0. The summed E-state index contributed by atoms with van der Waals surface area (Å²) in [4.78, 5) is 34.8. The molecule has 29 heavy (non-hydrogen) atoms. The van der Waals surface area contributed by atoms with Crippen LogP contribution in [0.4, 0.5) is 16.3 Å². The summed E-state index contributed by atoms with van der Waals surface area (Å²) in [5, 5.41) is 1.91. The van der Waals surface area contributed by atoms with Crippen molar-refractivity contribution in [3.05, 3.63) is 77.5 Å². The van der Waals surface area contributed by atoms with Crippen LogP contribution in [0, 0.1) is 0 Å². The van der Waals surface area contributed by atoms with Crippen molar-refractivity contribution in [2.24, 2.45) is 0 Å². The number of nitrogens with one attached hydrogen (secondary N) is 1. The molecule has 1 saturated heterocycles. The number of nitrogens with zero attached hydrogens (tertiary/aromatic N) is 3.